The maximum atomic E-state index is 5.61. The van der Waals surface area contributed by atoms with E-state index in [1.807, 2.05) is 18.2 Å². The van der Waals surface area contributed by atoms with Crippen molar-refractivity contribution in [2.75, 3.05) is 7.11 Å². The van der Waals surface area contributed by atoms with E-state index in [1.165, 1.54) is 11.1 Å². The van der Waals surface area contributed by atoms with E-state index in [2.05, 4.69) is 53.2 Å². The molecule has 0 saturated heterocycles. The smallest absolute Gasteiger partial charge is 0.108 e. The zero-order chi connectivity index (χ0) is 12.3. The molecule has 2 rings (SSSR count). The lowest BCUT2D eigenvalue weighted by atomic mass is 10.0. The predicted octanol–water partition coefficient (Wildman–Crippen LogP) is 4.49. The summed E-state index contributed by atoms with van der Waals surface area (Å²) >= 11 is 3.57. The van der Waals surface area contributed by atoms with Crippen molar-refractivity contribution in [3.05, 3.63) is 69.7 Å². The molecular formula is C15H15BrO. The molecule has 2 heteroatoms. The van der Waals surface area contributed by atoms with Crippen molar-refractivity contribution < 1.29 is 4.74 Å². The molecule has 0 aliphatic rings. The zero-order valence-electron chi connectivity index (χ0n) is 9.98. The summed E-state index contributed by atoms with van der Waals surface area (Å²) in [5.74, 6) is 0. The average molecular weight is 291 g/mol. The molecule has 0 spiro atoms. The minimum absolute atomic E-state index is 0.0221. The summed E-state index contributed by atoms with van der Waals surface area (Å²) in [4.78, 5) is 0. The van der Waals surface area contributed by atoms with Crippen molar-refractivity contribution in [2.24, 2.45) is 0 Å². The fourth-order valence-corrected chi connectivity index (χ4v) is 2.36. The third kappa shape index (κ3) is 2.76. The Bertz CT molecular complexity index is 491. The highest BCUT2D eigenvalue weighted by atomic mass is 79.9. The molecule has 0 aromatic heterocycles. The summed E-state index contributed by atoms with van der Waals surface area (Å²) in [6, 6.07) is 16.6. The number of halogens is 1. The van der Waals surface area contributed by atoms with E-state index >= 15 is 0 Å². The van der Waals surface area contributed by atoms with Gasteiger partial charge in [-0.2, -0.15) is 0 Å². The Hall–Kier alpha value is -1.12. The van der Waals surface area contributed by atoms with Crippen molar-refractivity contribution in [1.82, 2.24) is 0 Å². The number of benzene rings is 2. The van der Waals surface area contributed by atoms with Crippen LogP contribution in [0.1, 0.15) is 22.8 Å². The van der Waals surface area contributed by atoms with Gasteiger partial charge >= 0.3 is 0 Å². The Balaban J connectivity index is 2.40. The highest BCUT2D eigenvalue weighted by Crippen LogP contribution is 2.30. The highest BCUT2D eigenvalue weighted by molar-refractivity contribution is 9.10. The van der Waals surface area contributed by atoms with Crippen molar-refractivity contribution in [3.63, 3.8) is 0 Å². The van der Waals surface area contributed by atoms with Gasteiger partial charge in [-0.3, -0.25) is 0 Å². The van der Waals surface area contributed by atoms with Gasteiger partial charge in [0.2, 0.25) is 0 Å². The molecule has 0 aliphatic heterocycles. The maximum Gasteiger partial charge on any atom is 0.108 e. The van der Waals surface area contributed by atoms with Gasteiger partial charge in [-0.15, -0.1) is 0 Å². The second-order valence-electron chi connectivity index (χ2n) is 4.05. The number of methoxy groups -OCH3 is 1. The largest absolute Gasteiger partial charge is 0.372 e. The van der Waals surface area contributed by atoms with E-state index in [0.29, 0.717) is 0 Å². The predicted molar refractivity (Wildman–Crippen MR) is 74.2 cm³/mol. The van der Waals surface area contributed by atoms with Crippen molar-refractivity contribution in [3.8, 4) is 0 Å². The van der Waals surface area contributed by atoms with Gasteiger partial charge in [0.1, 0.15) is 6.10 Å². The Labute approximate surface area is 111 Å². The lowest BCUT2D eigenvalue weighted by Crippen LogP contribution is -2.04. The zero-order valence-corrected chi connectivity index (χ0v) is 11.6. The van der Waals surface area contributed by atoms with Gasteiger partial charge < -0.3 is 4.74 Å². The summed E-state index contributed by atoms with van der Waals surface area (Å²) in [6.07, 6.45) is -0.0221. The van der Waals surface area contributed by atoms with Gasteiger partial charge in [0, 0.05) is 11.6 Å². The fourth-order valence-electron chi connectivity index (χ4n) is 1.87. The first kappa shape index (κ1) is 12.3. The standard InChI is InChI=1S/C15H15BrO/c1-11-7-9-12(10-8-11)15(17-2)13-5-3-4-6-14(13)16/h3-10,15H,1-2H3/t15-/m1/s1. The first-order valence-corrected chi connectivity index (χ1v) is 6.35. The first-order chi connectivity index (χ1) is 8.22. The molecule has 0 bridgehead atoms. The number of aryl methyl sites for hydroxylation is 1. The molecule has 1 nitrogen and oxygen atoms in total. The van der Waals surface area contributed by atoms with Gasteiger partial charge in [0.25, 0.3) is 0 Å². The number of rotatable bonds is 3. The third-order valence-electron chi connectivity index (χ3n) is 2.80. The van der Waals surface area contributed by atoms with E-state index in [1.54, 1.807) is 7.11 Å². The van der Waals surface area contributed by atoms with Crippen LogP contribution in [0, 0.1) is 6.92 Å². The lowest BCUT2D eigenvalue weighted by molar-refractivity contribution is 0.136. The molecular weight excluding hydrogens is 276 g/mol. The Morgan fingerprint density at radius 3 is 2.24 bits per heavy atom. The van der Waals surface area contributed by atoms with E-state index in [0.717, 1.165) is 10.0 Å². The molecule has 0 aliphatic carbocycles. The monoisotopic (exact) mass is 290 g/mol. The van der Waals surface area contributed by atoms with Gasteiger partial charge in [-0.05, 0) is 24.1 Å². The van der Waals surface area contributed by atoms with E-state index in [9.17, 15) is 0 Å². The van der Waals surface area contributed by atoms with Gasteiger partial charge in [0.15, 0.2) is 0 Å². The fraction of sp³-hybridized carbons (Fsp3) is 0.200. The van der Waals surface area contributed by atoms with Gasteiger partial charge in [-0.1, -0.05) is 64.0 Å². The summed E-state index contributed by atoms with van der Waals surface area (Å²) in [6.45, 7) is 2.09. The molecule has 0 amide bonds. The topological polar surface area (TPSA) is 9.23 Å². The summed E-state index contributed by atoms with van der Waals surface area (Å²) in [7, 11) is 1.74. The minimum Gasteiger partial charge on any atom is -0.372 e. The molecule has 0 saturated carbocycles. The van der Waals surface area contributed by atoms with Crippen LogP contribution in [-0.4, -0.2) is 7.11 Å². The molecule has 0 radical (unpaired) electrons. The molecule has 88 valence electrons. The Kier molecular flexibility index (Phi) is 3.97. The van der Waals surface area contributed by atoms with Gasteiger partial charge in [-0.25, -0.2) is 0 Å². The van der Waals surface area contributed by atoms with Crippen LogP contribution in [0.4, 0.5) is 0 Å². The SMILES string of the molecule is CO[C@H](c1ccc(C)cc1)c1ccccc1Br. The second kappa shape index (κ2) is 5.48. The maximum absolute atomic E-state index is 5.61. The molecule has 1 atom stereocenters. The van der Waals surface area contributed by atoms with Crippen LogP contribution >= 0.6 is 15.9 Å². The quantitative estimate of drug-likeness (QED) is 0.809. The van der Waals surface area contributed by atoms with Crippen LogP contribution in [0.3, 0.4) is 0 Å². The average Bonchev–Trinajstić information content (AvgIpc) is 2.35. The number of hydrogen-bond donors (Lipinski definition) is 0. The Morgan fingerprint density at radius 2 is 1.65 bits per heavy atom. The van der Waals surface area contributed by atoms with Crippen LogP contribution < -0.4 is 0 Å². The van der Waals surface area contributed by atoms with Crippen LogP contribution in [0.5, 0.6) is 0 Å². The van der Waals surface area contributed by atoms with E-state index in [4.69, 9.17) is 4.74 Å². The number of ether oxygens (including phenoxy) is 1. The normalized spacial score (nSPS) is 12.4. The minimum atomic E-state index is -0.0221. The molecule has 0 unspecified atom stereocenters. The molecule has 0 fully saturated rings. The van der Waals surface area contributed by atoms with Crippen molar-refractivity contribution in [2.45, 2.75) is 13.0 Å². The molecule has 2 aromatic rings. The molecule has 0 heterocycles. The third-order valence-corrected chi connectivity index (χ3v) is 3.53. The summed E-state index contributed by atoms with van der Waals surface area (Å²) in [5, 5.41) is 0. The van der Waals surface area contributed by atoms with Crippen LogP contribution in [0.2, 0.25) is 0 Å². The molecule has 2 aromatic carbocycles. The van der Waals surface area contributed by atoms with Crippen LogP contribution in [-0.2, 0) is 4.74 Å². The van der Waals surface area contributed by atoms with Crippen LogP contribution in [0.15, 0.2) is 53.0 Å². The first-order valence-electron chi connectivity index (χ1n) is 5.56. The highest BCUT2D eigenvalue weighted by Gasteiger charge is 2.15. The summed E-state index contributed by atoms with van der Waals surface area (Å²) < 4.78 is 6.69. The van der Waals surface area contributed by atoms with E-state index in [-0.39, 0.29) is 6.10 Å². The van der Waals surface area contributed by atoms with Crippen molar-refractivity contribution >= 4 is 15.9 Å². The van der Waals surface area contributed by atoms with Gasteiger partial charge in [0.05, 0.1) is 0 Å². The molecule has 17 heavy (non-hydrogen) atoms. The lowest BCUT2D eigenvalue weighted by Gasteiger charge is -2.17. The van der Waals surface area contributed by atoms with E-state index < -0.39 is 0 Å². The second-order valence-corrected chi connectivity index (χ2v) is 4.90. The number of hydrogen-bond acceptors (Lipinski definition) is 1. The van der Waals surface area contributed by atoms with Crippen molar-refractivity contribution in [1.29, 1.82) is 0 Å². The Morgan fingerprint density at radius 1 is 1.00 bits per heavy atom. The van der Waals surface area contributed by atoms with Crippen LogP contribution in [0.25, 0.3) is 0 Å². The molecule has 0 N–H and O–H groups in total. The summed E-state index contributed by atoms with van der Waals surface area (Å²) in [5.41, 5.74) is 3.58.